The third kappa shape index (κ3) is 6.24. The van der Waals surface area contributed by atoms with Crippen LogP contribution in [0, 0.1) is 17.3 Å². The molecule has 0 aromatic heterocycles. The van der Waals surface area contributed by atoms with Crippen molar-refractivity contribution in [1.29, 1.82) is 0 Å². The van der Waals surface area contributed by atoms with Gasteiger partial charge in [0.25, 0.3) is 0 Å². The maximum absolute atomic E-state index is 12.6. The Morgan fingerprint density at radius 1 is 1.09 bits per heavy atom. The Hall–Kier alpha value is -1.73. The molecule has 1 fully saturated rings. The van der Waals surface area contributed by atoms with Crippen LogP contribution in [0.1, 0.15) is 47.0 Å². The van der Waals surface area contributed by atoms with E-state index in [4.69, 9.17) is 9.47 Å². The lowest BCUT2D eigenvalue weighted by atomic mass is 9.69. The van der Waals surface area contributed by atoms with Gasteiger partial charge < -0.3 is 14.6 Å². The fraction of sp³-hybridized carbons (Fsp3) is 0.556. The lowest BCUT2D eigenvalue weighted by Gasteiger charge is -2.39. The summed E-state index contributed by atoms with van der Waals surface area (Å²) in [7, 11) is -3.33. The summed E-state index contributed by atoms with van der Waals surface area (Å²) < 4.78 is 37.3. The van der Waals surface area contributed by atoms with Crippen LogP contribution in [-0.2, 0) is 19.3 Å². The number of ether oxygens (including phenoxy) is 2. The SMILES string of the molecule is C/C(=C\C[C@]1(C)C=C[C@H](C2(C)OCCO2)[C@H]1CC/C(C)=C/CS(=O)(=O)c1ccccc1)CO. The maximum atomic E-state index is 12.6. The highest BCUT2D eigenvalue weighted by Gasteiger charge is 2.50. The highest BCUT2D eigenvalue weighted by atomic mass is 32.2. The molecule has 33 heavy (non-hydrogen) atoms. The molecule has 1 heterocycles. The molecule has 182 valence electrons. The van der Waals surface area contributed by atoms with E-state index in [1.807, 2.05) is 32.9 Å². The van der Waals surface area contributed by atoms with Crippen molar-refractivity contribution in [2.45, 2.75) is 57.6 Å². The average molecular weight is 475 g/mol. The van der Waals surface area contributed by atoms with Gasteiger partial charge in [-0.1, -0.05) is 60.6 Å². The van der Waals surface area contributed by atoms with Crippen LogP contribution in [0.3, 0.4) is 0 Å². The molecule has 5 nitrogen and oxygen atoms in total. The molecule has 0 bridgehead atoms. The number of hydrogen-bond acceptors (Lipinski definition) is 5. The average Bonchev–Trinajstić information content (AvgIpc) is 3.39. The summed E-state index contributed by atoms with van der Waals surface area (Å²) in [6.45, 7) is 9.50. The molecule has 0 saturated carbocycles. The molecule has 3 atom stereocenters. The van der Waals surface area contributed by atoms with Gasteiger partial charge in [-0.05, 0) is 63.5 Å². The largest absolute Gasteiger partial charge is 0.392 e. The Balaban J connectivity index is 1.73. The van der Waals surface area contributed by atoms with Gasteiger partial charge in [0.05, 0.1) is 30.5 Å². The molecular formula is C27H38O5S. The van der Waals surface area contributed by atoms with Crippen LogP contribution in [0.25, 0.3) is 0 Å². The molecule has 2 aliphatic rings. The number of hydrogen-bond donors (Lipinski definition) is 1. The van der Waals surface area contributed by atoms with E-state index in [-0.39, 0.29) is 29.6 Å². The van der Waals surface area contributed by atoms with Crippen LogP contribution < -0.4 is 0 Å². The molecule has 0 spiro atoms. The number of rotatable bonds is 10. The minimum atomic E-state index is -3.33. The summed E-state index contributed by atoms with van der Waals surface area (Å²) >= 11 is 0. The number of aliphatic hydroxyl groups excluding tert-OH is 1. The quantitative estimate of drug-likeness (QED) is 0.479. The molecule has 1 aromatic carbocycles. The summed E-state index contributed by atoms with van der Waals surface area (Å²) in [5.74, 6) is -0.233. The van der Waals surface area contributed by atoms with E-state index in [9.17, 15) is 13.5 Å². The van der Waals surface area contributed by atoms with Crippen LogP contribution in [0.2, 0.25) is 0 Å². The lowest BCUT2D eigenvalue weighted by Crippen LogP contribution is -2.41. The summed E-state index contributed by atoms with van der Waals surface area (Å²) in [6.07, 6.45) is 11.0. The Kier molecular flexibility index (Phi) is 8.38. The second kappa shape index (κ2) is 10.7. The van der Waals surface area contributed by atoms with Gasteiger partial charge in [0, 0.05) is 5.92 Å². The predicted molar refractivity (Wildman–Crippen MR) is 131 cm³/mol. The van der Waals surface area contributed by atoms with Gasteiger partial charge in [-0.15, -0.1) is 0 Å². The van der Waals surface area contributed by atoms with Crippen LogP contribution in [0.5, 0.6) is 0 Å². The molecule has 1 saturated heterocycles. The predicted octanol–water partition coefficient (Wildman–Crippen LogP) is 5.09. The van der Waals surface area contributed by atoms with Crippen molar-refractivity contribution in [3.05, 3.63) is 65.8 Å². The van der Waals surface area contributed by atoms with E-state index in [1.54, 1.807) is 24.3 Å². The Morgan fingerprint density at radius 3 is 2.39 bits per heavy atom. The number of benzene rings is 1. The van der Waals surface area contributed by atoms with Gasteiger partial charge in [-0.3, -0.25) is 0 Å². The third-order valence-corrected chi connectivity index (χ3v) is 8.77. The topological polar surface area (TPSA) is 72.8 Å². The van der Waals surface area contributed by atoms with Crippen molar-refractivity contribution in [1.82, 2.24) is 0 Å². The Labute approximate surface area is 199 Å². The van der Waals surface area contributed by atoms with Gasteiger partial charge in [-0.2, -0.15) is 0 Å². The second-order valence-corrected chi connectivity index (χ2v) is 11.8. The van der Waals surface area contributed by atoms with Gasteiger partial charge in [0.15, 0.2) is 15.6 Å². The van der Waals surface area contributed by atoms with Crippen LogP contribution in [0.15, 0.2) is 70.7 Å². The van der Waals surface area contributed by atoms with E-state index >= 15 is 0 Å². The first-order valence-corrected chi connectivity index (χ1v) is 13.4. The lowest BCUT2D eigenvalue weighted by molar-refractivity contribution is -0.185. The van der Waals surface area contributed by atoms with Gasteiger partial charge in [0.2, 0.25) is 0 Å². The molecule has 1 N–H and O–H groups in total. The highest BCUT2D eigenvalue weighted by molar-refractivity contribution is 7.91. The van der Waals surface area contributed by atoms with Crippen LogP contribution in [-0.4, -0.2) is 44.9 Å². The second-order valence-electron chi connectivity index (χ2n) is 9.81. The van der Waals surface area contributed by atoms with E-state index in [0.29, 0.717) is 18.1 Å². The molecule has 6 heteroatoms. The standard InChI is InChI=1S/C27H38O5S/c1-21(14-19-33(29,30)23-8-6-5-7-9-23)10-11-24-25(27(4)31-17-18-32-27)13-16-26(24,3)15-12-22(2)20-28/h5-9,12-14,16,24-25,28H,10-11,15,17-20H2,1-4H3/b21-14+,22-12+/t24-,25+,26-/m1/s1. The Bertz CT molecular complexity index is 987. The monoisotopic (exact) mass is 474 g/mol. The summed E-state index contributed by atoms with van der Waals surface area (Å²) in [5.41, 5.74) is 1.95. The molecule has 1 aromatic rings. The van der Waals surface area contributed by atoms with Crippen molar-refractivity contribution < 1.29 is 23.0 Å². The van der Waals surface area contributed by atoms with Crippen molar-refractivity contribution in [3.8, 4) is 0 Å². The number of allylic oxidation sites excluding steroid dienone is 3. The Morgan fingerprint density at radius 2 is 1.76 bits per heavy atom. The summed E-state index contributed by atoms with van der Waals surface area (Å²) in [6, 6.07) is 8.60. The van der Waals surface area contributed by atoms with Crippen molar-refractivity contribution in [3.63, 3.8) is 0 Å². The van der Waals surface area contributed by atoms with Gasteiger partial charge in [-0.25, -0.2) is 8.42 Å². The highest BCUT2D eigenvalue weighted by Crippen LogP contribution is 2.52. The van der Waals surface area contributed by atoms with E-state index in [2.05, 4.69) is 25.2 Å². The zero-order valence-electron chi connectivity index (χ0n) is 20.3. The number of sulfone groups is 1. The summed E-state index contributed by atoms with van der Waals surface area (Å²) in [5, 5.41) is 9.42. The van der Waals surface area contributed by atoms with E-state index < -0.39 is 15.6 Å². The van der Waals surface area contributed by atoms with Crippen molar-refractivity contribution in [2.24, 2.45) is 17.3 Å². The first-order valence-electron chi connectivity index (χ1n) is 11.8. The first-order chi connectivity index (χ1) is 15.6. The number of aliphatic hydroxyl groups is 1. The van der Waals surface area contributed by atoms with Crippen molar-refractivity contribution >= 4 is 9.84 Å². The van der Waals surface area contributed by atoms with Crippen LogP contribution in [0.4, 0.5) is 0 Å². The summed E-state index contributed by atoms with van der Waals surface area (Å²) in [4.78, 5) is 0.358. The van der Waals surface area contributed by atoms with Crippen molar-refractivity contribution in [2.75, 3.05) is 25.6 Å². The first kappa shape index (κ1) is 25.9. The fourth-order valence-electron chi connectivity index (χ4n) is 4.90. The minimum absolute atomic E-state index is 0.00876. The molecule has 1 aliphatic carbocycles. The van der Waals surface area contributed by atoms with Crippen LogP contribution >= 0.6 is 0 Å². The van der Waals surface area contributed by atoms with Gasteiger partial charge in [0.1, 0.15) is 0 Å². The molecule has 0 amide bonds. The minimum Gasteiger partial charge on any atom is -0.392 e. The third-order valence-electron chi connectivity index (χ3n) is 7.17. The molecular weight excluding hydrogens is 436 g/mol. The van der Waals surface area contributed by atoms with E-state index in [1.165, 1.54) is 0 Å². The normalized spacial score (nSPS) is 27.9. The fourth-order valence-corrected chi connectivity index (χ4v) is 6.17. The van der Waals surface area contributed by atoms with Gasteiger partial charge >= 0.3 is 0 Å². The van der Waals surface area contributed by atoms with E-state index in [0.717, 1.165) is 30.4 Å². The maximum Gasteiger partial charge on any atom is 0.181 e. The molecule has 0 unspecified atom stereocenters. The zero-order valence-corrected chi connectivity index (χ0v) is 21.1. The zero-order chi connectivity index (χ0) is 24.1. The molecule has 1 aliphatic heterocycles. The smallest absolute Gasteiger partial charge is 0.181 e. The molecule has 0 radical (unpaired) electrons. The molecule has 3 rings (SSSR count).